The fourth-order valence-corrected chi connectivity index (χ4v) is 0.943. The van der Waals surface area contributed by atoms with E-state index in [2.05, 4.69) is 10.6 Å². The molecule has 0 aliphatic heterocycles. The Bertz CT molecular complexity index is 342. The first-order valence-electron chi connectivity index (χ1n) is 4.03. The number of carbonyl (C=O) groups excluding carboxylic acids is 1. The number of halogens is 2. The molecule has 2 N–H and O–H groups in total. The molecule has 0 saturated carbocycles. The highest BCUT2D eigenvalue weighted by molar-refractivity contribution is 5.94. The van der Waals surface area contributed by atoms with Gasteiger partial charge in [-0.3, -0.25) is 4.79 Å². The van der Waals surface area contributed by atoms with E-state index in [1.165, 1.54) is 12.1 Å². The van der Waals surface area contributed by atoms with Crippen molar-refractivity contribution in [3.63, 3.8) is 0 Å². The zero-order chi connectivity index (χ0) is 10.6. The van der Waals surface area contributed by atoms with Crippen molar-refractivity contribution in [2.75, 3.05) is 13.7 Å². The molecule has 0 unspecified atom stereocenters. The van der Waals surface area contributed by atoms with E-state index in [4.69, 9.17) is 0 Å². The van der Waals surface area contributed by atoms with Crippen LogP contribution in [0.3, 0.4) is 0 Å². The highest BCUT2D eigenvalue weighted by atomic mass is 19.2. The highest BCUT2D eigenvalue weighted by Crippen LogP contribution is 2.10. The normalized spacial score (nSPS) is 9.93. The fourth-order valence-electron chi connectivity index (χ4n) is 0.943. The van der Waals surface area contributed by atoms with Gasteiger partial charge in [-0.25, -0.2) is 8.78 Å². The second-order valence-corrected chi connectivity index (χ2v) is 2.64. The van der Waals surface area contributed by atoms with Crippen molar-refractivity contribution in [1.29, 1.82) is 0 Å². The van der Waals surface area contributed by atoms with Crippen LogP contribution in [0.25, 0.3) is 0 Å². The van der Waals surface area contributed by atoms with E-state index < -0.39 is 17.5 Å². The maximum absolute atomic E-state index is 13.0. The molecule has 0 saturated heterocycles. The molecule has 0 radical (unpaired) electrons. The Balaban J connectivity index is 2.84. The molecule has 0 spiro atoms. The number of amides is 1. The summed E-state index contributed by atoms with van der Waals surface area (Å²) in [5.74, 6) is -2.79. The van der Waals surface area contributed by atoms with Crippen LogP contribution >= 0.6 is 0 Å². The molecule has 0 aliphatic carbocycles. The molecule has 5 heteroatoms. The molecule has 0 aliphatic rings. The van der Waals surface area contributed by atoms with Crippen LogP contribution in [-0.4, -0.2) is 19.6 Å². The monoisotopic (exact) mass is 200 g/mol. The third-order valence-corrected chi connectivity index (χ3v) is 1.62. The van der Waals surface area contributed by atoms with Crippen LogP contribution in [0, 0.1) is 11.6 Å². The predicted octanol–water partition coefficient (Wildman–Crippen LogP) is 0.871. The van der Waals surface area contributed by atoms with Crippen molar-refractivity contribution in [3.8, 4) is 0 Å². The van der Waals surface area contributed by atoms with Gasteiger partial charge in [0.2, 0.25) is 0 Å². The van der Waals surface area contributed by atoms with Crippen molar-refractivity contribution in [2.45, 2.75) is 0 Å². The van der Waals surface area contributed by atoms with E-state index in [1.807, 2.05) is 0 Å². The number of benzene rings is 1. The van der Waals surface area contributed by atoms with Gasteiger partial charge in [-0.05, 0) is 19.2 Å². The molecular formula is C9H10F2N2O. The molecule has 0 atom stereocenters. The lowest BCUT2D eigenvalue weighted by Gasteiger charge is -2.05. The molecule has 1 rings (SSSR count). The van der Waals surface area contributed by atoms with Crippen molar-refractivity contribution >= 4 is 5.91 Å². The van der Waals surface area contributed by atoms with Gasteiger partial charge in [0.05, 0.1) is 12.2 Å². The Morgan fingerprint density at radius 2 is 2.14 bits per heavy atom. The minimum atomic E-state index is -1.12. The summed E-state index contributed by atoms with van der Waals surface area (Å²) in [7, 11) is 1.63. The summed E-state index contributed by atoms with van der Waals surface area (Å²) in [6.07, 6.45) is 0. The van der Waals surface area contributed by atoms with Crippen LogP contribution < -0.4 is 10.6 Å². The number of rotatable bonds is 3. The first kappa shape index (κ1) is 10.6. The third-order valence-electron chi connectivity index (χ3n) is 1.62. The molecule has 0 fully saturated rings. The second-order valence-electron chi connectivity index (χ2n) is 2.64. The van der Waals surface area contributed by atoms with Gasteiger partial charge in [0.1, 0.15) is 0 Å². The maximum Gasteiger partial charge on any atom is 0.255 e. The van der Waals surface area contributed by atoms with Gasteiger partial charge in [0, 0.05) is 0 Å². The van der Waals surface area contributed by atoms with Crippen molar-refractivity contribution < 1.29 is 13.6 Å². The van der Waals surface area contributed by atoms with E-state index in [-0.39, 0.29) is 12.2 Å². The Hall–Kier alpha value is -1.49. The SMILES string of the molecule is CNCNC(=O)c1cccc(F)c1F. The zero-order valence-electron chi connectivity index (χ0n) is 7.60. The van der Waals surface area contributed by atoms with Gasteiger partial charge >= 0.3 is 0 Å². The molecule has 3 nitrogen and oxygen atoms in total. The minimum absolute atomic E-state index is 0.203. The quantitative estimate of drug-likeness (QED) is 0.711. The Morgan fingerprint density at radius 3 is 2.79 bits per heavy atom. The smallest absolute Gasteiger partial charge is 0.255 e. The van der Waals surface area contributed by atoms with Crippen LogP contribution in [0.4, 0.5) is 8.78 Å². The topological polar surface area (TPSA) is 41.1 Å². The van der Waals surface area contributed by atoms with Crippen LogP contribution in [-0.2, 0) is 0 Å². The van der Waals surface area contributed by atoms with Crippen LogP contribution in [0.1, 0.15) is 10.4 Å². The van der Waals surface area contributed by atoms with E-state index in [1.54, 1.807) is 7.05 Å². The number of carbonyl (C=O) groups is 1. The summed E-state index contributed by atoms with van der Waals surface area (Å²) in [6.45, 7) is 0.203. The highest BCUT2D eigenvalue weighted by Gasteiger charge is 2.13. The van der Waals surface area contributed by atoms with E-state index in [0.29, 0.717) is 0 Å². The molecule has 0 bridgehead atoms. The average molecular weight is 200 g/mol. The molecule has 14 heavy (non-hydrogen) atoms. The molecule has 1 aromatic rings. The molecule has 76 valence electrons. The van der Waals surface area contributed by atoms with Crippen molar-refractivity contribution in [2.24, 2.45) is 0 Å². The van der Waals surface area contributed by atoms with Gasteiger partial charge < -0.3 is 10.6 Å². The Kier molecular flexibility index (Phi) is 3.53. The lowest BCUT2D eigenvalue weighted by molar-refractivity contribution is 0.0946. The fraction of sp³-hybridized carbons (Fsp3) is 0.222. The number of hydrogen-bond donors (Lipinski definition) is 2. The summed E-state index contributed by atoms with van der Waals surface area (Å²) in [4.78, 5) is 11.2. The second kappa shape index (κ2) is 4.66. The summed E-state index contributed by atoms with van der Waals surface area (Å²) >= 11 is 0. The summed E-state index contributed by atoms with van der Waals surface area (Å²) in [6, 6.07) is 3.47. The van der Waals surface area contributed by atoms with Gasteiger partial charge in [-0.2, -0.15) is 0 Å². The predicted molar refractivity (Wildman–Crippen MR) is 47.8 cm³/mol. The van der Waals surface area contributed by atoms with Crippen molar-refractivity contribution in [3.05, 3.63) is 35.4 Å². The molecule has 0 aromatic heterocycles. The van der Waals surface area contributed by atoms with Crippen molar-refractivity contribution in [1.82, 2.24) is 10.6 Å². The lowest BCUT2D eigenvalue weighted by atomic mass is 10.2. The van der Waals surface area contributed by atoms with Crippen LogP contribution in [0.5, 0.6) is 0 Å². The number of nitrogens with one attached hydrogen (secondary N) is 2. The molecular weight excluding hydrogens is 190 g/mol. The first-order valence-corrected chi connectivity index (χ1v) is 4.03. The summed E-state index contributed by atoms with van der Waals surface area (Å²) in [5.41, 5.74) is -0.291. The maximum atomic E-state index is 13.0. The summed E-state index contributed by atoms with van der Waals surface area (Å²) in [5, 5.41) is 5.01. The van der Waals surface area contributed by atoms with E-state index >= 15 is 0 Å². The minimum Gasteiger partial charge on any atom is -0.339 e. The van der Waals surface area contributed by atoms with Gasteiger partial charge in [-0.1, -0.05) is 6.07 Å². The zero-order valence-corrected chi connectivity index (χ0v) is 7.60. The average Bonchev–Trinajstić information content (AvgIpc) is 2.18. The molecule has 1 amide bonds. The van der Waals surface area contributed by atoms with E-state index in [9.17, 15) is 13.6 Å². The van der Waals surface area contributed by atoms with E-state index in [0.717, 1.165) is 6.07 Å². The standard InChI is InChI=1S/C9H10F2N2O/c1-12-5-13-9(14)6-3-2-4-7(10)8(6)11/h2-4,12H,5H2,1H3,(H,13,14). The number of hydrogen-bond acceptors (Lipinski definition) is 2. The molecule has 1 aromatic carbocycles. The van der Waals surface area contributed by atoms with Crippen LogP contribution in [0.15, 0.2) is 18.2 Å². The largest absolute Gasteiger partial charge is 0.339 e. The van der Waals surface area contributed by atoms with Gasteiger partial charge in [0.15, 0.2) is 11.6 Å². The lowest BCUT2D eigenvalue weighted by Crippen LogP contribution is -2.32. The Labute approximate surface area is 80.1 Å². The summed E-state index contributed by atoms with van der Waals surface area (Å²) < 4.78 is 25.7. The van der Waals surface area contributed by atoms with Gasteiger partial charge in [0.25, 0.3) is 5.91 Å². The Morgan fingerprint density at radius 1 is 1.43 bits per heavy atom. The first-order chi connectivity index (χ1) is 6.66. The third kappa shape index (κ3) is 2.26. The van der Waals surface area contributed by atoms with Crippen LogP contribution in [0.2, 0.25) is 0 Å². The molecule has 0 heterocycles. The van der Waals surface area contributed by atoms with Gasteiger partial charge in [-0.15, -0.1) is 0 Å².